The summed E-state index contributed by atoms with van der Waals surface area (Å²) in [6, 6.07) is 15.4. The first-order valence-electron chi connectivity index (χ1n) is 8.25. The molecule has 0 bridgehead atoms. The Balaban J connectivity index is 1.63. The molecule has 2 aromatic carbocycles. The number of rotatable bonds is 8. The lowest BCUT2D eigenvalue weighted by atomic mass is 10.2. The zero-order valence-corrected chi connectivity index (χ0v) is 16.3. The largest absolute Gasteiger partial charge is 0.454 e. The summed E-state index contributed by atoms with van der Waals surface area (Å²) in [4.78, 5) is 46.9. The van der Waals surface area contributed by atoms with E-state index in [0.29, 0.717) is 15.7 Å². The molecule has 0 aromatic heterocycles. The molecule has 146 valence electrons. The normalized spacial score (nSPS) is 9.89. The van der Waals surface area contributed by atoms with Gasteiger partial charge in [0.2, 0.25) is 5.91 Å². The van der Waals surface area contributed by atoms with E-state index in [0.717, 1.165) is 0 Å². The Kier molecular flexibility index (Phi) is 8.16. The molecule has 0 spiro atoms. The first kappa shape index (κ1) is 21.1. The molecule has 0 saturated carbocycles. The molecule has 0 saturated heterocycles. The Hall–Kier alpha value is -3.20. The van der Waals surface area contributed by atoms with Crippen molar-refractivity contribution in [3.63, 3.8) is 0 Å². The maximum atomic E-state index is 11.8. The van der Waals surface area contributed by atoms with Crippen LogP contribution in [0.25, 0.3) is 0 Å². The third-order valence-electron chi connectivity index (χ3n) is 3.39. The second kappa shape index (κ2) is 10.8. The minimum absolute atomic E-state index is 0.275. The van der Waals surface area contributed by atoms with Crippen molar-refractivity contribution in [3.8, 4) is 0 Å². The molecule has 0 radical (unpaired) electrons. The smallest absolute Gasteiger partial charge is 0.325 e. The van der Waals surface area contributed by atoms with Crippen molar-refractivity contribution in [1.29, 1.82) is 0 Å². The second-order valence-corrected chi connectivity index (χ2v) is 6.37. The fraction of sp³-hybridized carbons (Fsp3) is 0.158. The molecular formula is C19H18BrN3O5. The van der Waals surface area contributed by atoms with Gasteiger partial charge in [0.1, 0.15) is 6.54 Å². The lowest BCUT2D eigenvalue weighted by Gasteiger charge is -2.09. The molecule has 2 aromatic rings. The molecule has 8 nitrogen and oxygen atoms in total. The number of carbonyl (C=O) groups is 4. The van der Waals surface area contributed by atoms with Crippen LogP contribution in [0.2, 0.25) is 0 Å². The molecule has 0 aliphatic carbocycles. The first-order valence-corrected chi connectivity index (χ1v) is 9.05. The summed E-state index contributed by atoms with van der Waals surface area (Å²) in [5.41, 5.74) is 0.978. The summed E-state index contributed by atoms with van der Waals surface area (Å²) < 4.78 is 5.46. The number of anilines is 1. The molecule has 3 amide bonds. The summed E-state index contributed by atoms with van der Waals surface area (Å²) in [5, 5.41) is 7.35. The summed E-state index contributed by atoms with van der Waals surface area (Å²) in [5.74, 6) is -2.26. The van der Waals surface area contributed by atoms with E-state index in [1.54, 1.807) is 54.6 Å². The summed E-state index contributed by atoms with van der Waals surface area (Å²) >= 11 is 3.30. The predicted octanol–water partition coefficient (Wildman–Crippen LogP) is 1.48. The van der Waals surface area contributed by atoms with Crippen LogP contribution in [-0.2, 0) is 19.1 Å². The first-order chi connectivity index (χ1) is 13.5. The van der Waals surface area contributed by atoms with Crippen molar-refractivity contribution in [3.05, 3.63) is 64.6 Å². The Morgan fingerprint density at radius 1 is 0.821 bits per heavy atom. The third-order valence-corrected chi connectivity index (χ3v) is 4.08. The van der Waals surface area contributed by atoms with Crippen LogP contribution in [0.1, 0.15) is 10.4 Å². The van der Waals surface area contributed by atoms with Gasteiger partial charge in [0.15, 0.2) is 6.61 Å². The van der Waals surface area contributed by atoms with Gasteiger partial charge in [-0.1, -0.05) is 30.3 Å². The molecule has 0 unspecified atom stereocenters. The maximum Gasteiger partial charge on any atom is 0.325 e. The van der Waals surface area contributed by atoms with Gasteiger partial charge in [-0.3, -0.25) is 19.2 Å². The average molecular weight is 448 g/mol. The minimum Gasteiger partial charge on any atom is -0.454 e. The standard InChI is InChI=1S/C19H18BrN3O5/c20-14-8-4-5-9-15(14)23-16(24)10-21-17(25)12-28-18(26)11-22-19(27)13-6-2-1-3-7-13/h1-9H,10-12H2,(H,21,25)(H,22,27)(H,23,24). The Morgan fingerprint density at radius 2 is 1.50 bits per heavy atom. The Morgan fingerprint density at radius 3 is 2.21 bits per heavy atom. The predicted molar refractivity (Wildman–Crippen MR) is 106 cm³/mol. The fourth-order valence-electron chi connectivity index (χ4n) is 2.03. The summed E-state index contributed by atoms with van der Waals surface area (Å²) in [6.45, 7) is -1.20. The zero-order chi connectivity index (χ0) is 20.4. The number of esters is 1. The molecule has 0 fully saturated rings. The van der Waals surface area contributed by atoms with Crippen molar-refractivity contribution >= 4 is 45.3 Å². The molecule has 0 aliphatic rings. The van der Waals surface area contributed by atoms with Crippen molar-refractivity contribution < 1.29 is 23.9 Å². The van der Waals surface area contributed by atoms with E-state index in [9.17, 15) is 19.2 Å². The van der Waals surface area contributed by atoms with Crippen molar-refractivity contribution in [2.45, 2.75) is 0 Å². The maximum absolute atomic E-state index is 11.8. The third kappa shape index (κ3) is 7.20. The molecule has 9 heteroatoms. The summed E-state index contributed by atoms with van der Waals surface area (Å²) in [6.07, 6.45) is 0. The fourth-order valence-corrected chi connectivity index (χ4v) is 2.41. The second-order valence-electron chi connectivity index (χ2n) is 5.51. The number of carbonyl (C=O) groups excluding carboxylic acids is 4. The van der Waals surface area contributed by atoms with Crippen molar-refractivity contribution in [2.75, 3.05) is 25.0 Å². The highest BCUT2D eigenvalue weighted by Crippen LogP contribution is 2.20. The number of hydrogen-bond acceptors (Lipinski definition) is 5. The molecular weight excluding hydrogens is 430 g/mol. The van der Waals surface area contributed by atoms with Gasteiger partial charge in [0.25, 0.3) is 11.8 Å². The van der Waals surface area contributed by atoms with Crippen molar-refractivity contribution in [1.82, 2.24) is 10.6 Å². The van der Waals surface area contributed by atoms with E-state index in [1.807, 2.05) is 0 Å². The number of ether oxygens (including phenoxy) is 1. The SMILES string of the molecule is O=C(COC(=O)CNC(=O)c1ccccc1)NCC(=O)Nc1ccccc1Br. The van der Waals surface area contributed by atoms with Crippen LogP contribution in [0, 0.1) is 0 Å². The van der Waals surface area contributed by atoms with Crippen LogP contribution in [0.4, 0.5) is 5.69 Å². The van der Waals surface area contributed by atoms with Gasteiger partial charge in [-0.15, -0.1) is 0 Å². The van der Waals surface area contributed by atoms with Crippen LogP contribution >= 0.6 is 15.9 Å². The van der Waals surface area contributed by atoms with Crippen LogP contribution in [0.3, 0.4) is 0 Å². The van der Waals surface area contributed by atoms with Gasteiger partial charge in [0.05, 0.1) is 12.2 Å². The van der Waals surface area contributed by atoms with Crippen molar-refractivity contribution in [2.24, 2.45) is 0 Å². The molecule has 3 N–H and O–H groups in total. The number of amides is 3. The molecule has 0 atom stereocenters. The van der Waals surface area contributed by atoms with E-state index in [1.165, 1.54) is 0 Å². The van der Waals surface area contributed by atoms with Gasteiger partial charge in [0, 0.05) is 10.0 Å². The number of halogens is 1. The van der Waals surface area contributed by atoms with Crippen LogP contribution in [0.15, 0.2) is 59.1 Å². The molecule has 28 heavy (non-hydrogen) atoms. The van der Waals surface area contributed by atoms with Gasteiger partial charge in [-0.2, -0.15) is 0 Å². The zero-order valence-electron chi connectivity index (χ0n) is 14.7. The number of benzene rings is 2. The summed E-state index contributed by atoms with van der Waals surface area (Å²) in [7, 11) is 0. The quantitative estimate of drug-likeness (QED) is 0.530. The van der Waals surface area contributed by atoms with Crippen LogP contribution in [-0.4, -0.2) is 43.4 Å². The average Bonchev–Trinajstić information content (AvgIpc) is 2.71. The number of nitrogens with one attached hydrogen (secondary N) is 3. The number of para-hydroxylation sites is 1. The Labute approximate surface area is 169 Å². The molecule has 2 rings (SSSR count). The van der Waals surface area contributed by atoms with E-state index in [-0.39, 0.29) is 13.1 Å². The van der Waals surface area contributed by atoms with Crippen LogP contribution in [0.5, 0.6) is 0 Å². The Bertz CT molecular complexity index is 858. The minimum atomic E-state index is -0.767. The highest BCUT2D eigenvalue weighted by molar-refractivity contribution is 9.10. The highest BCUT2D eigenvalue weighted by Gasteiger charge is 2.12. The van der Waals surface area contributed by atoms with E-state index >= 15 is 0 Å². The van der Waals surface area contributed by atoms with Crippen LogP contribution < -0.4 is 16.0 Å². The number of hydrogen-bond donors (Lipinski definition) is 3. The van der Waals surface area contributed by atoms with E-state index in [4.69, 9.17) is 4.74 Å². The van der Waals surface area contributed by atoms with Gasteiger partial charge in [-0.25, -0.2) is 0 Å². The molecule has 0 heterocycles. The molecule has 0 aliphatic heterocycles. The van der Waals surface area contributed by atoms with E-state index < -0.39 is 30.3 Å². The topological polar surface area (TPSA) is 114 Å². The lowest BCUT2D eigenvalue weighted by Crippen LogP contribution is -2.37. The highest BCUT2D eigenvalue weighted by atomic mass is 79.9. The monoisotopic (exact) mass is 447 g/mol. The lowest BCUT2D eigenvalue weighted by molar-refractivity contribution is -0.147. The van der Waals surface area contributed by atoms with E-state index in [2.05, 4.69) is 31.9 Å². The van der Waals surface area contributed by atoms with Gasteiger partial charge >= 0.3 is 5.97 Å². The van der Waals surface area contributed by atoms with Gasteiger partial charge in [-0.05, 0) is 40.2 Å². The van der Waals surface area contributed by atoms with Gasteiger partial charge < -0.3 is 20.7 Å².